The van der Waals surface area contributed by atoms with E-state index >= 15 is 0 Å². The Labute approximate surface area is 159 Å². The van der Waals surface area contributed by atoms with Gasteiger partial charge in [0.25, 0.3) is 0 Å². The average molecular weight is 394 g/mol. The number of ether oxygens (including phenoxy) is 1. The van der Waals surface area contributed by atoms with Gasteiger partial charge in [0.05, 0.1) is 23.8 Å². The monoisotopic (exact) mass is 393 g/mol. The molecule has 1 aliphatic heterocycles. The van der Waals surface area contributed by atoms with Crippen LogP contribution in [0.15, 0.2) is 36.4 Å². The van der Waals surface area contributed by atoms with Gasteiger partial charge in [0.1, 0.15) is 5.75 Å². The maximum atomic E-state index is 12.6. The fourth-order valence-corrected chi connectivity index (χ4v) is 3.75. The Balaban J connectivity index is 1.73. The predicted octanol–water partition coefficient (Wildman–Crippen LogP) is 2.79. The van der Waals surface area contributed by atoms with E-state index in [1.807, 2.05) is 6.07 Å². The van der Waals surface area contributed by atoms with Gasteiger partial charge in [-0.3, -0.25) is 14.5 Å². The topological polar surface area (TPSA) is 70.2 Å². The van der Waals surface area contributed by atoms with Crippen LogP contribution in [0.2, 0.25) is 4.34 Å². The van der Waals surface area contributed by atoms with Crippen LogP contribution in [0.1, 0.15) is 4.88 Å². The average Bonchev–Trinajstić information content (AvgIpc) is 3.12. The smallest absolute Gasteiger partial charge is 0.340 e. The number of benzene rings is 1. The van der Waals surface area contributed by atoms with Crippen molar-refractivity contribution in [3.05, 3.63) is 45.6 Å². The molecule has 0 aliphatic carbocycles. The SMILES string of the molecule is COc1ccc(N2C(=O)C(=O)N(CN(C)Cc3ccc(Cl)s3)C2=O)cc1. The van der Waals surface area contributed by atoms with Gasteiger partial charge in [-0.15, -0.1) is 11.3 Å². The van der Waals surface area contributed by atoms with Crippen molar-refractivity contribution in [3.8, 4) is 5.75 Å². The van der Waals surface area contributed by atoms with Gasteiger partial charge >= 0.3 is 17.8 Å². The van der Waals surface area contributed by atoms with Gasteiger partial charge < -0.3 is 4.74 Å². The van der Waals surface area contributed by atoms with Crippen molar-refractivity contribution >= 4 is 46.5 Å². The number of hydrogen-bond acceptors (Lipinski definition) is 6. The molecule has 0 saturated carbocycles. The molecule has 0 N–H and O–H groups in total. The van der Waals surface area contributed by atoms with Crippen LogP contribution < -0.4 is 9.64 Å². The van der Waals surface area contributed by atoms with Gasteiger partial charge in [-0.25, -0.2) is 14.6 Å². The van der Waals surface area contributed by atoms with Gasteiger partial charge in [0.2, 0.25) is 0 Å². The zero-order valence-corrected chi connectivity index (χ0v) is 15.7. The Morgan fingerprint density at radius 3 is 2.35 bits per heavy atom. The zero-order valence-electron chi connectivity index (χ0n) is 14.1. The van der Waals surface area contributed by atoms with Crippen LogP contribution in [-0.2, 0) is 16.1 Å². The number of halogens is 1. The van der Waals surface area contributed by atoms with Crippen LogP contribution in [0, 0.1) is 0 Å². The third-order valence-corrected chi connectivity index (χ3v) is 5.04. The second kappa shape index (κ2) is 7.45. The minimum atomic E-state index is -0.868. The number of urea groups is 1. The molecule has 1 aromatic carbocycles. The highest BCUT2D eigenvalue weighted by molar-refractivity contribution is 7.16. The van der Waals surface area contributed by atoms with Gasteiger partial charge in [-0.2, -0.15) is 0 Å². The summed E-state index contributed by atoms with van der Waals surface area (Å²) in [5.41, 5.74) is 0.323. The molecule has 136 valence electrons. The highest BCUT2D eigenvalue weighted by Gasteiger charge is 2.45. The number of nitrogens with zero attached hydrogens (tertiary/aromatic N) is 3. The first-order valence-electron chi connectivity index (χ1n) is 7.67. The number of carbonyl (C=O) groups is 3. The van der Waals surface area contributed by atoms with Crippen LogP contribution in [0.3, 0.4) is 0 Å². The molecule has 2 aromatic rings. The van der Waals surface area contributed by atoms with Gasteiger partial charge in [-0.1, -0.05) is 11.6 Å². The summed E-state index contributed by atoms with van der Waals surface area (Å²) >= 11 is 7.33. The predicted molar refractivity (Wildman–Crippen MR) is 98.4 cm³/mol. The fourth-order valence-electron chi connectivity index (χ4n) is 2.58. The Bertz CT molecular complexity index is 852. The van der Waals surface area contributed by atoms with E-state index in [0.29, 0.717) is 22.3 Å². The molecule has 4 amide bonds. The van der Waals surface area contributed by atoms with Crippen LogP contribution in [-0.4, -0.2) is 48.5 Å². The number of methoxy groups -OCH3 is 1. The third kappa shape index (κ3) is 3.57. The van der Waals surface area contributed by atoms with Crippen LogP contribution >= 0.6 is 22.9 Å². The Morgan fingerprint density at radius 1 is 1.08 bits per heavy atom. The summed E-state index contributed by atoms with van der Waals surface area (Å²) in [6, 6.07) is 9.36. The van der Waals surface area contributed by atoms with E-state index in [-0.39, 0.29) is 6.67 Å². The fraction of sp³-hybridized carbons (Fsp3) is 0.235. The van der Waals surface area contributed by atoms with Gasteiger partial charge in [-0.05, 0) is 43.4 Å². The van der Waals surface area contributed by atoms with Crippen molar-refractivity contribution < 1.29 is 19.1 Å². The van der Waals surface area contributed by atoms with E-state index in [2.05, 4.69) is 0 Å². The highest BCUT2D eigenvalue weighted by Crippen LogP contribution is 2.26. The summed E-state index contributed by atoms with van der Waals surface area (Å²) in [6.07, 6.45) is 0. The molecular weight excluding hydrogens is 378 g/mol. The third-order valence-electron chi connectivity index (χ3n) is 3.82. The molecule has 1 aromatic heterocycles. The van der Waals surface area contributed by atoms with Crippen molar-refractivity contribution in [2.24, 2.45) is 0 Å². The molecule has 7 nitrogen and oxygen atoms in total. The molecular formula is C17H16ClN3O4S. The second-order valence-electron chi connectivity index (χ2n) is 5.72. The molecule has 3 rings (SSSR count). The Morgan fingerprint density at radius 2 is 1.77 bits per heavy atom. The summed E-state index contributed by atoms with van der Waals surface area (Å²) < 4.78 is 5.73. The number of thiophene rings is 1. The molecule has 0 bridgehead atoms. The number of anilines is 1. The first kappa shape index (κ1) is 18.4. The molecule has 0 atom stereocenters. The van der Waals surface area contributed by atoms with E-state index in [4.69, 9.17) is 16.3 Å². The quantitative estimate of drug-likeness (QED) is 0.557. The Kier molecular flexibility index (Phi) is 5.26. The standard InChI is InChI=1S/C17H16ClN3O4S/c1-19(9-13-7-8-14(18)26-13)10-20-15(22)16(23)21(17(20)24)11-3-5-12(25-2)6-4-11/h3-8H,9-10H2,1-2H3. The molecule has 1 aliphatic rings. The Hall–Kier alpha value is -2.42. The lowest BCUT2D eigenvalue weighted by atomic mass is 10.3. The normalized spacial score (nSPS) is 14.7. The summed E-state index contributed by atoms with van der Waals surface area (Å²) in [4.78, 5) is 41.7. The van der Waals surface area contributed by atoms with E-state index in [9.17, 15) is 14.4 Å². The van der Waals surface area contributed by atoms with E-state index in [1.54, 1.807) is 42.3 Å². The molecule has 9 heteroatoms. The van der Waals surface area contributed by atoms with E-state index in [0.717, 1.165) is 14.7 Å². The first-order chi connectivity index (χ1) is 12.4. The van der Waals surface area contributed by atoms with Gasteiger partial charge in [0, 0.05) is 11.4 Å². The van der Waals surface area contributed by atoms with Crippen LogP contribution in [0.5, 0.6) is 5.75 Å². The maximum Gasteiger partial charge on any atom is 0.340 e. The lowest BCUT2D eigenvalue weighted by molar-refractivity contribution is -0.140. The number of hydrogen-bond donors (Lipinski definition) is 0. The second-order valence-corrected chi connectivity index (χ2v) is 7.52. The van der Waals surface area contributed by atoms with Crippen molar-refractivity contribution in [1.29, 1.82) is 0 Å². The van der Waals surface area contributed by atoms with Crippen molar-refractivity contribution in [2.45, 2.75) is 6.54 Å². The lowest BCUT2D eigenvalue weighted by Crippen LogP contribution is -2.40. The van der Waals surface area contributed by atoms with Crippen LogP contribution in [0.4, 0.5) is 10.5 Å². The number of imide groups is 2. The molecule has 0 unspecified atom stereocenters. The van der Waals surface area contributed by atoms with Crippen molar-refractivity contribution in [2.75, 3.05) is 25.7 Å². The van der Waals surface area contributed by atoms with Gasteiger partial charge in [0.15, 0.2) is 0 Å². The molecule has 1 fully saturated rings. The number of rotatable bonds is 6. The molecule has 2 heterocycles. The number of carbonyl (C=O) groups excluding carboxylic acids is 3. The highest BCUT2D eigenvalue weighted by atomic mass is 35.5. The van der Waals surface area contributed by atoms with E-state index in [1.165, 1.54) is 18.4 Å². The first-order valence-corrected chi connectivity index (χ1v) is 8.87. The molecule has 1 saturated heterocycles. The summed E-state index contributed by atoms with van der Waals surface area (Å²) in [7, 11) is 3.28. The molecule has 0 radical (unpaired) electrons. The number of amides is 4. The summed E-state index contributed by atoms with van der Waals surface area (Å²) in [5, 5.41) is 0. The maximum absolute atomic E-state index is 12.6. The summed E-state index contributed by atoms with van der Waals surface area (Å²) in [6.45, 7) is 0.511. The van der Waals surface area contributed by atoms with Crippen molar-refractivity contribution in [1.82, 2.24) is 9.80 Å². The summed E-state index contributed by atoms with van der Waals surface area (Å²) in [5.74, 6) is -1.13. The minimum absolute atomic E-state index is 0.00554. The van der Waals surface area contributed by atoms with Crippen LogP contribution in [0.25, 0.3) is 0 Å². The van der Waals surface area contributed by atoms with E-state index < -0.39 is 17.8 Å². The largest absolute Gasteiger partial charge is 0.497 e. The molecule has 26 heavy (non-hydrogen) atoms. The minimum Gasteiger partial charge on any atom is -0.497 e. The molecule has 0 spiro atoms. The van der Waals surface area contributed by atoms with Crippen molar-refractivity contribution in [3.63, 3.8) is 0 Å². The zero-order chi connectivity index (χ0) is 18.8. The lowest BCUT2D eigenvalue weighted by Gasteiger charge is -2.22.